The first-order valence-corrected chi connectivity index (χ1v) is 7.57. The lowest BCUT2D eigenvalue weighted by Crippen LogP contribution is -2.24. The minimum atomic E-state index is -0.307. The quantitative estimate of drug-likeness (QED) is 0.785. The third-order valence-electron chi connectivity index (χ3n) is 3.55. The van der Waals surface area contributed by atoms with Crippen molar-refractivity contribution >= 4 is 5.91 Å². The number of nitrogens with zero attached hydrogens (tertiary/aromatic N) is 2. The number of carbonyl (C=O) groups is 1. The monoisotopic (exact) mass is 321 g/mol. The fraction of sp³-hybridized carbons (Fsp3) is 0.105. The highest BCUT2D eigenvalue weighted by molar-refractivity contribution is 5.78. The Balaban J connectivity index is 1.54. The zero-order chi connectivity index (χ0) is 16.8. The predicted molar refractivity (Wildman–Crippen MR) is 89.4 cm³/mol. The van der Waals surface area contributed by atoms with Crippen LogP contribution in [0.25, 0.3) is 11.3 Å². The SMILES string of the molecule is O=C(Cc1ccc(F)cc1)NCc1ccc(-c2cccnc2)nc1. The zero-order valence-electron chi connectivity index (χ0n) is 12.9. The van der Waals surface area contributed by atoms with E-state index < -0.39 is 0 Å². The third-order valence-corrected chi connectivity index (χ3v) is 3.55. The van der Waals surface area contributed by atoms with Gasteiger partial charge in [0, 0.05) is 30.7 Å². The molecule has 24 heavy (non-hydrogen) atoms. The number of amides is 1. The molecular weight excluding hydrogens is 305 g/mol. The molecular formula is C19H16FN3O. The Morgan fingerprint density at radius 3 is 2.46 bits per heavy atom. The highest BCUT2D eigenvalue weighted by Gasteiger charge is 2.05. The summed E-state index contributed by atoms with van der Waals surface area (Å²) in [7, 11) is 0. The van der Waals surface area contributed by atoms with Crippen LogP contribution < -0.4 is 5.32 Å². The van der Waals surface area contributed by atoms with Gasteiger partial charge >= 0.3 is 0 Å². The molecule has 0 bridgehead atoms. The van der Waals surface area contributed by atoms with Gasteiger partial charge < -0.3 is 5.32 Å². The van der Waals surface area contributed by atoms with E-state index in [0.29, 0.717) is 6.54 Å². The Labute approximate surface area is 139 Å². The molecule has 1 N–H and O–H groups in total. The van der Waals surface area contributed by atoms with E-state index in [2.05, 4.69) is 15.3 Å². The number of halogens is 1. The largest absolute Gasteiger partial charge is 0.352 e. The maximum atomic E-state index is 12.8. The lowest BCUT2D eigenvalue weighted by molar-refractivity contribution is -0.120. The Morgan fingerprint density at radius 1 is 1.00 bits per heavy atom. The molecule has 120 valence electrons. The van der Waals surface area contributed by atoms with E-state index in [9.17, 15) is 9.18 Å². The summed E-state index contributed by atoms with van der Waals surface area (Å²) in [6, 6.07) is 13.6. The standard InChI is InChI=1S/C19H16FN3O/c20-17-6-3-14(4-7-17)10-19(24)23-12-15-5-8-18(22-11-15)16-2-1-9-21-13-16/h1-9,11,13H,10,12H2,(H,23,24). The van der Waals surface area contributed by atoms with Gasteiger partial charge in [-0.05, 0) is 41.5 Å². The van der Waals surface area contributed by atoms with Gasteiger partial charge in [0.25, 0.3) is 0 Å². The molecule has 0 aliphatic heterocycles. The lowest BCUT2D eigenvalue weighted by atomic mass is 10.1. The number of aromatic nitrogens is 2. The van der Waals surface area contributed by atoms with Crippen LogP contribution in [0.2, 0.25) is 0 Å². The van der Waals surface area contributed by atoms with E-state index in [1.54, 1.807) is 30.7 Å². The van der Waals surface area contributed by atoms with Gasteiger partial charge in [-0.3, -0.25) is 14.8 Å². The number of benzene rings is 1. The molecule has 2 aromatic heterocycles. The van der Waals surface area contributed by atoms with Crippen LogP contribution in [-0.4, -0.2) is 15.9 Å². The van der Waals surface area contributed by atoms with Gasteiger partial charge in [0.1, 0.15) is 5.82 Å². The molecule has 3 rings (SSSR count). The Bertz CT molecular complexity index is 802. The first-order chi connectivity index (χ1) is 11.7. The molecule has 1 amide bonds. The summed E-state index contributed by atoms with van der Waals surface area (Å²) in [5, 5.41) is 2.84. The molecule has 5 heteroatoms. The van der Waals surface area contributed by atoms with E-state index >= 15 is 0 Å². The van der Waals surface area contributed by atoms with Crippen molar-refractivity contribution in [2.75, 3.05) is 0 Å². The number of pyridine rings is 2. The summed E-state index contributed by atoms with van der Waals surface area (Å²) in [5.74, 6) is -0.420. The van der Waals surface area contributed by atoms with Crippen LogP contribution in [0, 0.1) is 5.82 Å². The minimum absolute atomic E-state index is 0.113. The first kappa shape index (κ1) is 15.8. The molecule has 0 aliphatic carbocycles. The molecule has 0 saturated heterocycles. The van der Waals surface area contributed by atoms with E-state index in [-0.39, 0.29) is 18.1 Å². The maximum Gasteiger partial charge on any atom is 0.224 e. The highest BCUT2D eigenvalue weighted by Crippen LogP contribution is 2.15. The van der Waals surface area contributed by atoms with Crippen molar-refractivity contribution in [3.05, 3.63) is 84.1 Å². The van der Waals surface area contributed by atoms with Gasteiger partial charge in [-0.25, -0.2) is 4.39 Å². The van der Waals surface area contributed by atoms with Crippen LogP contribution in [0.5, 0.6) is 0 Å². The topological polar surface area (TPSA) is 54.9 Å². The molecule has 0 unspecified atom stereocenters. The average molecular weight is 321 g/mol. The number of carbonyl (C=O) groups excluding carboxylic acids is 1. The van der Waals surface area contributed by atoms with Gasteiger partial charge in [0.05, 0.1) is 12.1 Å². The Kier molecular flexibility index (Phi) is 4.91. The number of hydrogen-bond donors (Lipinski definition) is 1. The summed E-state index contributed by atoms with van der Waals surface area (Å²) >= 11 is 0. The van der Waals surface area contributed by atoms with Crippen molar-refractivity contribution in [2.24, 2.45) is 0 Å². The maximum absolute atomic E-state index is 12.8. The molecule has 0 radical (unpaired) electrons. The summed E-state index contributed by atoms with van der Waals surface area (Å²) < 4.78 is 12.8. The van der Waals surface area contributed by atoms with Crippen LogP contribution in [0.3, 0.4) is 0 Å². The fourth-order valence-corrected chi connectivity index (χ4v) is 2.26. The molecule has 3 aromatic rings. The smallest absolute Gasteiger partial charge is 0.224 e. The lowest BCUT2D eigenvalue weighted by Gasteiger charge is -2.06. The molecule has 0 atom stereocenters. The summed E-state index contributed by atoms with van der Waals surface area (Å²) in [4.78, 5) is 20.4. The van der Waals surface area contributed by atoms with Crippen molar-refractivity contribution in [3.63, 3.8) is 0 Å². The van der Waals surface area contributed by atoms with Gasteiger partial charge in [-0.15, -0.1) is 0 Å². The number of rotatable bonds is 5. The second-order valence-electron chi connectivity index (χ2n) is 5.37. The molecule has 4 nitrogen and oxygen atoms in total. The van der Waals surface area contributed by atoms with E-state index in [4.69, 9.17) is 0 Å². The van der Waals surface area contributed by atoms with Crippen molar-refractivity contribution in [1.29, 1.82) is 0 Å². The first-order valence-electron chi connectivity index (χ1n) is 7.57. The molecule has 2 heterocycles. The third kappa shape index (κ3) is 4.23. The summed E-state index contributed by atoms with van der Waals surface area (Å²) in [6.45, 7) is 0.403. The fourth-order valence-electron chi connectivity index (χ4n) is 2.26. The number of hydrogen-bond acceptors (Lipinski definition) is 3. The molecule has 1 aromatic carbocycles. The van der Waals surface area contributed by atoms with Gasteiger partial charge in [0.2, 0.25) is 5.91 Å². The number of nitrogens with one attached hydrogen (secondary N) is 1. The van der Waals surface area contributed by atoms with E-state index in [1.165, 1.54) is 12.1 Å². The summed E-state index contributed by atoms with van der Waals surface area (Å²) in [6.07, 6.45) is 5.43. The van der Waals surface area contributed by atoms with Crippen LogP contribution in [0.4, 0.5) is 4.39 Å². The normalized spacial score (nSPS) is 10.4. The van der Waals surface area contributed by atoms with Crippen LogP contribution in [0.1, 0.15) is 11.1 Å². The van der Waals surface area contributed by atoms with E-state index in [0.717, 1.165) is 22.4 Å². The van der Waals surface area contributed by atoms with Crippen LogP contribution in [0.15, 0.2) is 67.1 Å². The van der Waals surface area contributed by atoms with Crippen molar-refractivity contribution in [2.45, 2.75) is 13.0 Å². The van der Waals surface area contributed by atoms with Crippen molar-refractivity contribution in [3.8, 4) is 11.3 Å². The molecule has 0 spiro atoms. The Morgan fingerprint density at radius 2 is 1.79 bits per heavy atom. The second kappa shape index (κ2) is 7.46. The molecule has 0 fully saturated rings. The van der Waals surface area contributed by atoms with Gasteiger partial charge in [-0.2, -0.15) is 0 Å². The zero-order valence-corrected chi connectivity index (χ0v) is 12.9. The molecule has 0 aliphatic rings. The minimum Gasteiger partial charge on any atom is -0.352 e. The van der Waals surface area contributed by atoms with Crippen LogP contribution >= 0.6 is 0 Å². The molecule has 0 saturated carbocycles. The van der Waals surface area contributed by atoms with Crippen LogP contribution in [-0.2, 0) is 17.8 Å². The Hall–Kier alpha value is -3.08. The van der Waals surface area contributed by atoms with Crippen molar-refractivity contribution in [1.82, 2.24) is 15.3 Å². The second-order valence-corrected chi connectivity index (χ2v) is 5.37. The summed E-state index contributed by atoms with van der Waals surface area (Å²) in [5.41, 5.74) is 3.47. The van der Waals surface area contributed by atoms with Gasteiger partial charge in [0.15, 0.2) is 0 Å². The van der Waals surface area contributed by atoms with Crippen molar-refractivity contribution < 1.29 is 9.18 Å². The van der Waals surface area contributed by atoms with Gasteiger partial charge in [-0.1, -0.05) is 18.2 Å². The van der Waals surface area contributed by atoms with E-state index in [1.807, 2.05) is 24.3 Å². The average Bonchev–Trinajstić information content (AvgIpc) is 2.63. The predicted octanol–water partition coefficient (Wildman–Crippen LogP) is 3.14. The highest BCUT2D eigenvalue weighted by atomic mass is 19.1.